The van der Waals surface area contributed by atoms with Gasteiger partial charge in [0.05, 0.1) is 0 Å². The van der Waals surface area contributed by atoms with E-state index < -0.39 is 0 Å². The maximum absolute atomic E-state index is 10.2. The first-order valence-corrected chi connectivity index (χ1v) is 4.91. The van der Waals surface area contributed by atoms with Crippen molar-refractivity contribution in [1.82, 2.24) is 5.32 Å². The van der Waals surface area contributed by atoms with Gasteiger partial charge in [-0.05, 0) is 29.5 Å². The molecule has 0 fully saturated rings. The SMILES string of the molecule is Cc1cc(C(C)C)ccc1CNC=O. The molecular formula is C12H17NO. The van der Waals surface area contributed by atoms with Crippen molar-refractivity contribution in [2.24, 2.45) is 0 Å². The molecule has 0 aliphatic heterocycles. The second kappa shape index (κ2) is 4.80. The molecule has 0 aliphatic rings. The van der Waals surface area contributed by atoms with Crippen LogP contribution in [-0.4, -0.2) is 6.41 Å². The third-order valence-corrected chi connectivity index (χ3v) is 2.41. The third kappa shape index (κ3) is 2.59. The minimum Gasteiger partial charge on any atom is -0.355 e. The summed E-state index contributed by atoms with van der Waals surface area (Å²) in [6.45, 7) is 7.05. The number of amides is 1. The van der Waals surface area contributed by atoms with Crippen molar-refractivity contribution < 1.29 is 4.79 Å². The summed E-state index contributed by atoms with van der Waals surface area (Å²) in [5.41, 5.74) is 3.77. The average Bonchev–Trinajstić information content (AvgIpc) is 2.15. The molecule has 14 heavy (non-hydrogen) atoms. The lowest BCUT2D eigenvalue weighted by Gasteiger charge is -2.10. The Morgan fingerprint density at radius 1 is 1.43 bits per heavy atom. The Morgan fingerprint density at radius 3 is 2.64 bits per heavy atom. The second-order valence-electron chi connectivity index (χ2n) is 3.84. The van der Waals surface area contributed by atoms with E-state index in [1.165, 1.54) is 16.7 Å². The number of rotatable bonds is 4. The molecule has 2 heteroatoms. The average molecular weight is 191 g/mol. The molecule has 0 radical (unpaired) electrons. The number of aryl methyl sites for hydroxylation is 1. The Bertz CT molecular complexity index is 318. The number of carbonyl (C=O) groups excluding carboxylic acids is 1. The van der Waals surface area contributed by atoms with E-state index in [4.69, 9.17) is 0 Å². The molecule has 1 N–H and O–H groups in total. The fraction of sp³-hybridized carbons (Fsp3) is 0.417. The maximum atomic E-state index is 10.2. The summed E-state index contributed by atoms with van der Waals surface area (Å²) < 4.78 is 0. The molecule has 0 heterocycles. The van der Waals surface area contributed by atoms with Crippen molar-refractivity contribution in [2.45, 2.75) is 33.2 Å². The van der Waals surface area contributed by atoms with Crippen LogP contribution in [0.2, 0.25) is 0 Å². The zero-order valence-electron chi connectivity index (χ0n) is 9.00. The molecule has 0 spiro atoms. The summed E-state index contributed by atoms with van der Waals surface area (Å²) in [4.78, 5) is 10.2. The second-order valence-corrected chi connectivity index (χ2v) is 3.84. The fourth-order valence-electron chi connectivity index (χ4n) is 1.43. The zero-order chi connectivity index (χ0) is 10.6. The standard InChI is InChI=1S/C12H17NO/c1-9(2)11-4-5-12(7-13-8-14)10(3)6-11/h4-6,8-9H,7H2,1-3H3,(H,13,14). The molecule has 0 saturated heterocycles. The quantitative estimate of drug-likeness (QED) is 0.727. The molecule has 0 aromatic heterocycles. The van der Waals surface area contributed by atoms with Crippen LogP contribution in [0.5, 0.6) is 0 Å². The van der Waals surface area contributed by atoms with Crippen LogP contribution in [0, 0.1) is 6.92 Å². The van der Waals surface area contributed by atoms with Crippen molar-refractivity contribution >= 4 is 6.41 Å². The van der Waals surface area contributed by atoms with Gasteiger partial charge in [-0.3, -0.25) is 4.79 Å². The van der Waals surface area contributed by atoms with Gasteiger partial charge in [-0.2, -0.15) is 0 Å². The normalized spacial score (nSPS) is 10.3. The molecule has 1 amide bonds. The van der Waals surface area contributed by atoms with Crippen LogP contribution in [0.15, 0.2) is 18.2 Å². The maximum Gasteiger partial charge on any atom is 0.207 e. The highest BCUT2D eigenvalue weighted by Gasteiger charge is 2.02. The highest BCUT2D eigenvalue weighted by Crippen LogP contribution is 2.18. The number of hydrogen-bond acceptors (Lipinski definition) is 1. The van der Waals surface area contributed by atoms with Gasteiger partial charge in [0.2, 0.25) is 6.41 Å². The Morgan fingerprint density at radius 2 is 2.14 bits per heavy atom. The van der Waals surface area contributed by atoms with E-state index in [-0.39, 0.29) is 0 Å². The van der Waals surface area contributed by atoms with Crippen LogP contribution in [0.4, 0.5) is 0 Å². The summed E-state index contributed by atoms with van der Waals surface area (Å²) in [5, 5.41) is 2.67. The fourth-order valence-corrected chi connectivity index (χ4v) is 1.43. The van der Waals surface area contributed by atoms with Gasteiger partial charge >= 0.3 is 0 Å². The molecule has 0 aliphatic carbocycles. The van der Waals surface area contributed by atoms with Gasteiger partial charge in [0.25, 0.3) is 0 Å². The van der Waals surface area contributed by atoms with Crippen LogP contribution in [0.1, 0.15) is 36.5 Å². The highest BCUT2D eigenvalue weighted by atomic mass is 16.1. The lowest BCUT2D eigenvalue weighted by atomic mass is 9.98. The van der Waals surface area contributed by atoms with Gasteiger partial charge in [0, 0.05) is 6.54 Å². The number of carbonyl (C=O) groups is 1. The van der Waals surface area contributed by atoms with Crippen LogP contribution >= 0.6 is 0 Å². The largest absolute Gasteiger partial charge is 0.355 e. The molecule has 1 aromatic rings. The van der Waals surface area contributed by atoms with E-state index >= 15 is 0 Å². The van der Waals surface area contributed by atoms with E-state index in [1.807, 2.05) is 0 Å². The Balaban J connectivity index is 2.84. The Labute approximate surface area is 85.3 Å². The van der Waals surface area contributed by atoms with Gasteiger partial charge in [0.1, 0.15) is 0 Å². The van der Waals surface area contributed by atoms with Gasteiger partial charge in [-0.15, -0.1) is 0 Å². The Kier molecular flexibility index (Phi) is 3.69. The third-order valence-electron chi connectivity index (χ3n) is 2.41. The Hall–Kier alpha value is -1.31. The van der Waals surface area contributed by atoms with Gasteiger partial charge < -0.3 is 5.32 Å². The van der Waals surface area contributed by atoms with E-state index in [0.29, 0.717) is 12.5 Å². The van der Waals surface area contributed by atoms with Crippen molar-refractivity contribution in [3.63, 3.8) is 0 Å². The predicted molar refractivity (Wildman–Crippen MR) is 58.2 cm³/mol. The molecular weight excluding hydrogens is 174 g/mol. The van der Waals surface area contributed by atoms with E-state index in [2.05, 4.69) is 44.3 Å². The first kappa shape index (κ1) is 10.8. The number of benzene rings is 1. The minimum atomic E-state index is 0.557. The van der Waals surface area contributed by atoms with Crippen LogP contribution in [0.25, 0.3) is 0 Å². The molecule has 1 aromatic carbocycles. The number of hydrogen-bond donors (Lipinski definition) is 1. The molecule has 2 nitrogen and oxygen atoms in total. The summed E-state index contributed by atoms with van der Waals surface area (Å²) >= 11 is 0. The minimum absolute atomic E-state index is 0.557. The molecule has 1 rings (SSSR count). The summed E-state index contributed by atoms with van der Waals surface area (Å²) in [6, 6.07) is 6.40. The molecule has 0 bridgehead atoms. The van der Waals surface area contributed by atoms with E-state index in [9.17, 15) is 4.79 Å². The van der Waals surface area contributed by atoms with Crippen molar-refractivity contribution in [2.75, 3.05) is 0 Å². The lowest BCUT2D eigenvalue weighted by Crippen LogP contribution is -2.10. The van der Waals surface area contributed by atoms with Crippen molar-refractivity contribution in [1.29, 1.82) is 0 Å². The lowest BCUT2D eigenvalue weighted by molar-refractivity contribution is -0.109. The zero-order valence-corrected chi connectivity index (χ0v) is 9.00. The highest BCUT2D eigenvalue weighted by molar-refractivity contribution is 5.46. The van der Waals surface area contributed by atoms with E-state index in [0.717, 1.165) is 6.41 Å². The summed E-state index contributed by atoms with van der Waals surface area (Å²) in [5.74, 6) is 0.557. The van der Waals surface area contributed by atoms with E-state index in [1.54, 1.807) is 0 Å². The van der Waals surface area contributed by atoms with Gasteiger partial charge in [-0.1, -0.05) is 32.0 Å². The molecule has 0 saturated carbocycles. The molecule has 76 valence electrons. The number of nitrogens with one attached hydrogen (secondary N) is 1. The first-order chi connectivity index (χ1) is 6.65. The summed E-state index contributed by atoms with van der Waals surface area (Å²) in [6.07, 6.45) is 0.732. The molecule has 0 unspecified atom stereocenters. The monoisotopic (exact) mass is 191 g/mol. The van der Waals surface area contributed by atoms with Crippen molar-refractivity contribution in [3.05, 3.63) is 34.9 Å². The van der Waals surface area contributed by atoms with Crippen LogP contribution in [-0.2, 0) is 11.3 Å². The van der Waals surface area contributed by atoms with Gasteiger partial charge in [-0.25, -0.2) is 0 Å². The first-order valence-electron chi connectivity index (χ1n) is 4.91. The van der Waals surface area contributed by atoms with Crippen molar-refractivity contribution in [3.8, 4) is 0 Å². The summed E-state index contributed by atoms with van der Waals surface area (Å²) in [7, 11) is 0. The van der Waals surface area contributed by atoms with Crippen LogP contribution in [0.3, 0.4) is 0 Å². The van der Waals surface area contributed by atoms with Crippen LogP contribution < -0.4 is 5.32 Å². The molecule has 0 atom stereocenters. The topological polar surface area (TPSA) is 29.1 Å². The van der Waals surface area contributed by atoms with Gasteiger partial charge in [0.15, 0.2) is 0 Å². The predicted octanol–water partition coefficient (Wildman–Crippen LogP) is 2.36. The smallest absolute Gasteiger partial charge is 0.207 e.